The largest absolute Gasteiger partial charge is 0.304 e. The number of thioether (sulfide) groups is 1. The van der Waals surface area contributed by atoms with E-state index in [1.54, 1.807) is 22.9 Å². The third-order valence-corrected chi connectivity index (χ3v) is 3.09. The van der Waals surface area contributed by atoms with Gasteiger partial charge in [-0.15, -0.1) is 11.8 Å². The van der Waals surface area contributed by atoms with Gasteiger partial charge >= 0.3 is 0 Å². The molecule has 0 aromatic heterocycles. The van der Waals surface area contributed by atoms with E-state index in [1.165, 1.54) is 6.08 Å². The highest BCUT2D eigenvalue weighted by Crippen LogP contribution is 2.35. The van der Waals surface area contributed by atoms with E-state index in [0.717, 1.165) is 0 Å². The summed E-state index contributed by atoms with van der Waals surface area (Å²) in [5.74, 6) is 0.801. The lowest BCUT2D eigenvalue weighted by atomic mass is 10.2. The molecule has 0 spiro atoms. The molecule has 2 heterocycles. The van der Waals surface area contributed by atoms with Crippen LogP contribution in [-0.4, -0.2) is 28.0 Å². The van der Waals surface area contributed by atoms with Gasteiger partial charge in [-0.05, 0) is 0 Å². The van der Waals surface area contributed by atoms with Crippen LogP contribution < -0.4 is 0 Å². The van der Waals surface area contributed by atoms with E-state index in [0.29, 0.717) is 17.9 Å². The maximum atomic E-state index is 10.9. The first-order chi connectivity index (χ1) is 5.81. The molecule has 1 fully saturated rings. The molecule has 62 valence electrons. The number of carbonyl (C=O) groups excluding carboxylic acids is 2. The standard InChI is InChI=1S/C7H6N2O2S/c10-4-8-5-2-9-6(11)1-7(9)12-3-5/h2,7H,1,3H2/t7-/m1/s1. The first kappa shape index (κ1) is 7.58. The van der Waals surface area contributed by atoms with E-state index in [2.05, 4.69) is 4.99 Å². The number of nitrogens with zero attached hydrogens (tertiary/aromatic N) is 2. The summed E-state index contributed by atoms with van der Waals surface area (Å²) in [4.78, 5) is 26.0. The molecule has 0 N–H and O–H groups in total. The van der Waals surface area contributed by atoms with Gasteiger partial charge in [0.1, 0.15) is 0 Å². The first-order valence-electron chi connectivity index (χ1n) is 3.52. The van der Waals surface area contributed by atoms with Crippen LogP contribution in [0.4, 0.5) is 0 Å². The molecule has 2 aliphatic heterocycles. The zero-order valence-electron chi connectivity index (χ0n) is 6.19. The van der Waals surface area contributed by atoms with Crippen LogP contribution in [0, 0.1) is 0 Å². The topological polar surface area (TPSA) is 49.7 Å². The quantitative estimate of drug-likeness (QED) is 0.336. The highest BCUT2D eigenvalue weighted by atomic mass is 32.2. The van der Waals surface area contributed by atoms with E-state index in [1.807, 2.05) is 0 Å². The van der Waals surface area contributed by atoms with Gasteiger partial charge in [0.25, 0.3) is 0 Å². The van der Waals surface area contributed by atoms with Crippen LogP contribution in [-0.2, 0) is 9.59 Å². The van der Waals surface area contributed by atoms with Crippen molar-refractivity contribution in [2.45, 2.75) is 11.8 Å². The molecule has 12 heavy (non-hydrogen) atoms. The van der Waals surface area contributed by atoms with Crippen LogP contribution in [0.15, 0.2) is 16.9 Å². The van der Waals surface area contributed by atoms with Gasteiger partial charge in [-0.1, -0.05) is 0 Å². The lowest BCUT2D eigenvalue weighted by Gasteiger charge is -2.40. The zero-order chi connectivity index (χ0) is 8.55. The predicted octanol–water partition coefficient (Wildman–Crippen LogP) is 0.469. The Morgan fingerprint density at radius 2 is 2.58 bits per heavy atom. The molecule has 2 aliphatic rings. The van der Waals surface area contributed by atoms with E-state index in [4.69, 9.17) is 0 Å². The minimum absolute atomic E-state index is 0.103. The van der Waals surface area contributed by atoms with Gasteiger partial charge in [0, 0.05) is 12.0 Å². The number of amides is 1. The molecule has 0 aliphatic carbocycles. The highest BCUT2D eigenvalue weighted by Gasteiger charge is 2.37. The summed E-state index contributed by atoms with van der Waals surface area (Å²) in [7, 11) is 0. The van der Waals surface area contributed by atoms with Crippen molar-refractivity contribution in [3.63, 3.8) is 0 Å². The Morgan fingerprint density at radius 1 is 1.75 bits per heavy atom. The predicted molar refractivity (Wildman–Crippen MR) is 43.9 cm³/mol. The Balaban J connectivity index is 2.18. The Morgan fingerprint density at radius 3 is 3.25 bits per heavy atom. The van der Waals surface area contributed by atoms with Crippen molar-refractivity contribution in [2.75, 3.05) is 5.75 Å². The number of hydrogen-bond donors (Lipinski definition) is 0. The highest BCUT2D eigenvalue weighted by molar-refractivity contribution is 8.00. The molecule has 1 amide bonds. The van der Waals surface area contributed by atoms with Crippen molar-refractivity contribution >= 4 is 23.7 Å². The SMILES string of the molecule is O=C=NC1=CN2C(=O)C[C@H]2SC1. The molecule has 0 radical (unpaired) electrons. The average Bonchev–Trinajstić information content (AvgIpc) is 2.07. The Labute approximate surface area is 73.3 Å². The smallest absolute Gasteiger partial charge is 0.240 e. The molecule has 0 unspecified atom stereocenters. The first-order valence-corrected chi connectivity index (χ1v) is 4.57. The van der Waals surface area contributed by atoms with E-state index < -0.39 is 0 Å². The Kier molecular flexibility index (Phi) is 1.75. The van der Waals surface area contributed by atoms with Gasteiger partial charge in [-0.3, -0.25) is 4.79 Å². The summed E-state index contributed by atoms with van der Waals surface area (Å²) < 4.78 is 0. The van der Waals surface area contributed by atoms with Crippen LogP contribution in [0.1, 0.15) is 6.42 Å². The number of rotatable bonds is 1. The van der Waals surface area contributed by atoms with Crippen molar-refractivity contribution in [3.8, 4) is 0 Å². The summed E-state index contributed by atoms with van der Waals surface area (Å²) in [5.41, 5.74) is 0.624. The summed E-state index contributed by atoms with van der Waals surface area (Å²) in [6.45, 7) is 0. The van der Waals surface area contributed by atoms with Crippen molar-refractivity contribution in [2.24, 2.45) is 4.99 Å². The fourth-order valence-corrected chi connectivity index (χ4v) is 2.30. The van der Waals surface area contributed by atoms with Gasteiger partial charge in [-0.2, -0.15) is 4.99 Å². The fourth-order valence-electron chi connectivity index (χ4n) is 1.19. The molecule has 1 saturated heterocycles. The molecular weight excluding hydrogens is 176 g/mol. The van der Waals surface area contributed by atoms with Gasteiger partial charge in [0.05, 0.1) is 17.5 Å². The lowest BCUT2D eigenvalue weighted by molar-refractivity contribution is -0.137. The Bertz CT molecular complexity index is 307. The molecule has 5 heteroatoms. The van der Waals surface area contributed by atoms with Gasteiger partial charge < -0.3 is 4.90 Å². The normalized spacial score (nSPS) is 26.7. The number of carbonyl (C=O) groups is 1. The molecule has 0 aromatic rings. The minimum Gasteiger partial charge on any atom is -0.304 e. The van der Waals surface area contributed by atoms with Gasteiger partial charge in [-0.25, -0.2) is 4.79 Å². The molecule has 0 bridgehead atoms. The number of isocyanates is 1. The second-order valence-corrected chi connectivity index (χ2v) is 3.76. The summed E-state index contributed by atoms with van der Waals surface area (Å²) in [5, 5.41) is 0.281. The number of β-lactam (4-membered cyclic amide) rings is 1. The maximum absolute atomic E-state index is 10.9. The minimum atomic E-state index is 0.103. The summed E-state index contributed by atoms with van der Waals surface area (Å²) in [6.07, 6.45) is 3.71. The molecular formula is C7H6N2O2S. The summed E-state index contributed by atoms with van der Waals surface area (Å²) in [6, 6.07) is 0. The molecule has 2 rings (SSSR count). The number of hydrogen-bond acceptors (Lipinski definition) is 4. The third-order valence-electron chi connectivity index (χ3n) is 1.85. The third kappa shape index (κ3) is 1.07. The average molecular weight is 182 g/mol. The fraction of sp³-hybridized carbons (Fsp3) is 0.429. The van der Waals surface area contributed by atoms with Gasteiger partial charge in [0.15, 0.2) is 0 Å². The van der Waals surface area contributed by atoms with E-state index in [9.17, 15) is 9.59 Å². The molecule has 1 atom stereocenters. The lowest BCUT2D eigenvalue weighted by Crippen LogP contribution is -2.48. The molecule has 0 aromatic carbocycles. The summed E-state index contributed by atoms with van der Waals surface area (Å²) >= 11 is 1.63. The number of aliphatic imine (C=N–C) groups is 1. The number of fused-ring (bicyclic) bond motifs is 1. The van der Waals surface area contributed by atoms with Crippen molar-refractivity contribution < 1.29 is 9.59 Å². The van der Waals surface area contributed by atoms with Crippen LogP contribution in [0.3, 0.4) is 0 Å². The van der Waals surface area contributed by atoms with E-state index >= 15 is 0 Å². The monoisotopic (exact) mass is 182 g/mol. The zero-order valence-corrected chi connectivity index (χ0v) is 7.00. The van der Waals surface area contributed by atoms with Crippen LogP contribution in [0.25, 0.3) is 0 Å². The second-order valence-electron chi connectivity index (χ2n) is 2.59. The maximum Gasteiger partial charge on any atom is 0.240 e. The van der Waals surface area contributed by atoms with Crippen LogP contribution in [0.2, 0.25) is 0 Å². The van der Waals surface area contributed by atoms with E-state index in [-0.39, 0.29) is 11.3 Å². The van der Waals surface area contributed by atoms with Crippen LogP contribution >= 0.6 is 11.8 Å². The second kappa shape index (κ2) is 2.77. The van der Waals surface area contributed by atoms with Crippen molar-refractivity contribution in [1.29, 1.82) is 0 Å². The van der Waals surface area contributed by atoms with Crippen molar-refractivity contribution in [1.82, 2.24) is 4.90 Å². The van der Waals surface area contributed by atoms with Crippen LogP contribution in [0.5, 0.6) is 0 Å². The van der Waals surface area contributed by atoms with Gasteiger partial charge in [0.2, 0.25) is 12.0 Å². The van der Waals surface area contributed by atoms with Crippen molar-refractivity contribution in [3.05, 3.63) is 11.9 Å². The Hall–Kier alpha value is -1.06. The molecule has 4 nitrogen and oxygen atoms in total. The molecule has 0 saturated carbocycles.